The molecule has 1 rings (SSSR count). The van der Waals surface area contributed by atoms with Crippen LogP contribution in [0.3, 0.4) is 0 Å². The standard InChI is InChI=1S/C12H24N2O2/c1-12(2,11(15)16)9-14-7-4-10(3-6-13)5-8-14/h10H,3-9,13H2,1-2H3,(H,15,16). The van der Waals surface area contributed by atoms with Crippen LogP contribution in [0.25, 0.3) is 0 Å². The molecule has 0 aromatic rings. The first kappa shape index (κ1) is 13.5. The first-order valence-electron chi connectivity index (χ1n) is 6.11. The van der Waals surface area contributed by atoms with E-state index in [0.29, 0.717) is 6.54 Å². The van der Waals surface area contributed by atoms with Crippen molar-refractivity contribution in [3.8, 4) is 0 Å². The highest BCUT2D eigenvalue weighted by Gasteiger charge is 2.31. The summed E-state index contributed by atoms with van der Waals surface area (Å²) in [6.07, 6.45) is 3.43. The van der Waals surface area contributed by atoms with Crippen LogP contribution in [0.4, 0.5) is 0 Å². The molecule has 1 fully saturated rings. The molecule has 0 bridgehead atoms. The molecule has 0 aromatic carbocycles. The molecule has 0 amide bonds. The van der Waals surface area contributed by atoms with E-state index in [1.165, 1.54) is 0 Å². The SMILES string of the molecule is CC(C)(CN1CCC(CCN)CC1)C(=O)O. The zero-order valence-corrected chi connectivity index (χ0v) is 10.4. The minimum Gasteiger partial charge on any atom is -0.481 e. The zero-order valence-electron chi connectivity index (χ0n) is 10.4. The zero-order chi connectivity index (χ0) is 12.2. The fourth-order valence-electron chi connectivity index (χ4n) is 2.30. The second kappa shape index (κ2) is 5.64. The molecule has 0 spiro atoms. The van der Waals surface area contributed by atoms with E-state index < -0.39 is 11.4 Å². The van der Waals surface area contributed by atoms with Crippen LogP contribution < -0.4 is 5.73 Å². The molecular formula is C12H24N2O2. The lowest BCUT2D eigenvalue weighted by Crippen LogP contribution is -2.43. The molecule has 3 N–H and O–H groups in total. The van der Waals surface area contributed by atoms with Gasteiger partial charge in [-0.15, -0.1) is 0 Å². The van der Waals surface area contributed by atoms with Crippen molar-refractivity contribution in [2.75, 3.05) is 26.2 Å². The predicted molar refractivity (Wildman–Crippen MR) is 64.3 cm³/mol. The first-order valence-corrected chi connectivity index (χ1v) is 6.11. The molecule has 0 radical (unpaired) electrons. The molecule has 1 heterocycles. The van der Waals surface area contributed by atoms with Crippen LogP contribution >= 0.6 is 0 Å². The Kier molecular flexibility index (Phi) is 4.74. The number of carboxylic acids is 1. The minimum atomic E-state index is -0.711. The summed E-state index contributed by atoms with van der Waals surface area (Å²) in [6.45, 7) is 7.04. The van der Waals surface area contributed by atoms with Crippen molar-refractivity contribution < 1.29 is 9.90 Å². The van der Waals surface area contributed by atoms with Crippen LogP contribution in [0.15, 0.2) is 0 Å². The molecule has 1 saturated heterocycles. The Morgan fingerprint density at radius 2 is 2.00 bits per heavy atom. The van der Waals surface area contributed by atoms with Gasteiger partial charge in [0.1, 0.15) is 0 Å². The number of hydrogen-bond donors (Lipinski definition) is 2. The van der Waals surface area contributed by atoms with Crippen LogP contribution in [0.1, 0.15) is 33.1 Å². The Balaban J connectivity index is 2.34. The molecule has 1 aliphatic rings. The molecule has 94 valence electrons. The summed E-state index contributed by atoms with van der Waals surface area (Å²) >= 11 is 0. The van der Waals surface area contributed by atoms with Crippen molar-refractivity contribution in [3.05, 3.63) is 0 Å². The number of nitrogens with two attached hydrogens (primary N) is 1. The van der Waals surface area contributed by atoms with Gasteiger partial charge in [-0.2, -0.15) is 0 Å². The minimum absolute atomic E-state index is 0.638. The number of hydrogen-bond acceptors (Lipinski definition) is 3. The third-order valence-corrected chi connectivity index (χ3v) is 3.48. The number of carboxylic acid groups (broad SMARTS) is 1. The lowest BCUT2D eigenvalue weighted by atomic mass is 9.89. The fourth-order valence-corrected chi connectivity index (χ4v) is 2.30. The average Bonchev–Trinajstić information content (AvgIpc) is 2.21. The van der Waals surface area contributed by atoms with Crippen LogP contribution in [0.5, 0.6) is 0 Å². The Bertz CT molecular complexity index is 233. The molecule has 1 aliphatic heterocycles. The van der Waals surface area contributed by atoms with Gasteiger partial charge in [-0.1, -0.05) is 0 Å². The summed E-state index contributed by atoms with van der Waals surface area (Å²) in [7, 11) is 0. The predicted octanol–water partition coefficient (Wildman–Crippen LogP) is 1.16. The van der Waals surface area contributed by atoms with Crippen molar-refractivity contribution in [2.24, 2.45) is 17.1 Å². The van der Waals surface area contributed by atoms with Gasteiger partial charge in [0.05, 0.1) is 5.41 Å². The highest BCUT2D eigenvalue weighted by Crippen LogP contribution is 2.24. The van der Waals surface area contributed by atoms with E-state index in [2.05, 4.69) is 4.90 Å². The van der Waals surface area contributed by atoms with Crippen LogP contribution in [-0.2, 0) is 4.79 Å². The molecule has 0 aliphatic carbocycles. The monoisotopic (exact) mass is 228 g/mol. The van der Waals surface area contributed by atoms with Crippen molar-refractivity contribution >= 4 is 5.97 Å². The van der Waals surface area contributed by atoms with E-state index in [0.717, 1.165) is 44.8 Å². The van der Waals surface area contributed by atoms with Gasteiger partial charge in [-0.3, -0.25) is 4.79 Å². The lowest BCUT2D eigenvalue weighted by Gasteiger charge is -2.35. The summed E-state index contributed by atoms with van der Waals surface area (Å²) in [5, 5.41) is 9.06. The summed E-state index contributed by atoms with van der Waals surface area (Å²) < 4.78 is 0. The molecule has 0 unspecified atom stereocenters. The van der Waals surface area contributed by atoms with Crippen molar-refractivity contribution in [3.63, 3.8) is 0 Å². The van der Waals surface area contributed by atoms with E-state index in [9.17, 15) is 4.79 Å². The third kappa shape index (κ3) is 3.76. The number of carbonyl (C=O) groups is 1. The van der Waals surface area contributed by atoms with Gasteiger partial charge in [-0.05, 0) is 58.7 Å². The number of piperidine rings is 1. The van der Waals surface area contributed by atoms with Gasteiger partial charge in [0.25, 0.3) is 0 Å². The van der Waals surface area contributed by atoms with Gasteiger partial charge >= 0.3 is 5.97 Å². The van der Waals surface area contributed by atoms with E-state index in [1.807, 2.05) is 0 Å². The molecule has 4 heteroatoms. The van der Waals surface area contributed by atoms with E-state index >= 15 is 0 Å². The van der Waals surface area contributed by atoms with Crippen molar-refractivity contribution in [2.45, 2.75) is 33.1 Å². The topological polar surface area (TPSA) is 66.6 Å². The molecular weight excluding hydrogens is 204 g/mol. The largest absolute Gasteiger partial charge is 0.481 e. The summed E-state index contributed by atoms with van der Waals surface area (Å²) in [5.41, 5.74) is 4.91. The number of rotatable bonds is 5. The Morgan fingerprint density at radius 1 is 1.44 bits per heavy atom. The normalized spacial score (nSPS) is 19.9. The number of likely N-dealkylation sites (tertiary alicyclic amines) is 1. The van der Waals surface area contributed by atoms with Crippen LogP contribution in [0.2, 0.25) is 0 Å². The van der Waals surface area contributed by atoms with E-state index in [1.54, 1.807) is 13.8 Å². The summed E-state index contributed by atoms with van der Waals surface area (Å²) in [4.78, 5) is 13.3. The molecule has 0 atom stereocenters. The quantitative estimate of drug-likeness (QED) is 0.741. The molecule has 16 heavy (non-hydrogen) atoms. The number of aliphatic carboxylic acids is 1. The van der Waals surface area contributed by atoms with Crippen LogP contribution in [-0.4, -0.2) is 42.2 Å². The van der Waals surface area contributed by atoms with Crippen molar-refractivity contribution in [1.82, 2.24) is 4.90 Å². The van der Waals surface area contributed by atoms with Gasteiger partial charge in [0.15, 0.2) is 0 Å². The maximum Gasteiger partial charge on any atom is 0.310 e. The van der Waals surface area contributed by atoms with Gasteiger partial charge in [-0.25, -0.2) is 0 Å². The first-order chi connectivity index (χ1) is 7.45. The van der Waals surface area contributed by atoms with Crippen LogP contribution in [0, 0.1) is 11.3 Å². The maximum atomic E-state index is 11.0. The van der Waals surface area contributed by atoms with Gasteiger partial charge in [0, 0.05) is 6.54 Å². The Morgan fingerprint density at radius 3 is 2.44 bits per heavy atom. The Hall–Kier alpha value is -0.610. The second-order valence-electron chi connectivity index (χ2n) is 5.49. The maximum absolute atomic E-state index is 11.0. The molecule has 4 nitrogen and oxygen atoms in total. The highest BCUT2D eigenvalue weighted by molar-refractivity contribution is 5.73. The lowest BCUT2D eigenvalue weighted by molar-refractivity contribution is -0.148. The number of nitrogens with zero attached hydrogens (tertiary/aromatic N) is 1. The van der Waals surface area contributed by atoms with E-state index in [-0.39, 0.29) is 0 Å². The van der Waals surface area contributed by atoms with E-state index in [4.69, 9.17) is 10.8 Å². The average molecular weight is 228 g/mol. The summed E-state index contributed by atoms with van der Waals surface area (Å²) in [5.74, 6) is 0.0331. The van der Waals surface area contributed by atoms with Gasteiger partial charge < -0.3 is 15.7 Å². The second-order valence-corrected chi connectivity index (χ2v) is 5.49. The molecule has 0 aromatic heterocycles. The smallest absolute Gasteiger partial charge is 0.310 e. The fraction of sp³-hybridized carbons (Fsp3) is 0.917. The Labute approximate surface area is 97.8 Å². The van der Waals surface area contributed by atoms with Crippen molar-refractivity contribution in [1.29, 1.82) is 0 Å². The van der Waals surface area contributed by atoms with Gasteiger partial charge in [0.2, 0.25) is 0 Å². The molecule has 0 saturated carbocycles. The highest BCUT2D eigenvalue weighted by atomic mass is 16.4. The summed E-state index contributed by atoms with van der Waals surface area (Å²) in [6, 6.07) is 0. The third-order valence-electron chi connectivity index (χ3n) is 3.48.